The number of aliphatic imine (C=N–C) groups is 1. The molecule has 0 radical (unpaired) electrons. The third-order valence-corrected chi connectivity index (χ3v) is 4.23. The lowest BCUT2D eigenvalue weighted by atomic mass is 10.00. The Balaban J connectivity index is 2.03. The standard InChI is InChI=1S/C18H13ClFN3/c1-11-21-9-13-10-22-18(14-4-2-3-5-16(14)20)15-8-12(19)6-7-17(15)23(11)13/h2-9H,10H2,1H3/i1+1,11+1. The summed E-state index contributed by atoms with van der Waals surface area (Å²) in [5.74, 6) is 0.576. The summed E-state index contributed by atoms with van der Waals surface area (Å²) in [7, 11) is 0. The van der Waals surface area contributed by atoms with Crippen LogP contribution in [0.2, 0.25) is 5.02 Å². The Bertz CT molecular complexity index is 943. The highest BCUT2D eigenvalue weighted by atomic mass is 35.5. The molecule has 0 fully saturated rings. The lowest BCUT2D eigenvalue weighted by Crippen LogP contribution is -2.09. The molecule has 0 amide bonds. The van der Waals surface area contributed by atoms with Crippen LogP contribution in [0.15, 0.2) is 53.7 Å². The number of imidazole rings is 1. The predicted octanol–water partition coefficient (Wildman–Crippen LogP) is 4.32. The molecular weight excluding hydrogens is 315 g/mol. The molecule has 1 aliphatic rings. The summed E-state index contributed by atoms with van der Waals surface area (Å²) in [6.45, 7) is 2.38. The number of halogens is 2. The van der Waals surface area contributed by atoms with Crippen LogP contribution in [0, 0.1) is 12.7 Å². The van der Waals surface area contributed by atoms with Gasteiger partial charge in [0.1, 0.15) is 11.6 Å². The number of nitrogens with zero attached hydrogens (tertiary/aromatic N) is 3. The summed E-state index contributed by atoms with van der Waals surface area (Å²) in [6, 6.07) is 12.3. The van der Waals surface area contributed by atoms with Crippen molar-refractivity contribution < 1.29 is 4.39 Å². The van der Waals surface area contributed by atoms with Crippen molar-refractivity contribution >= 4 is 17.3 Å². The fourth-order valence-electron chi connectivity index (χ4n) is 2.95. The molecule has 0 N–H and O–H groups in total. The number of aryl methyl sites for hydroxylation is 1. The van der Waals surface area contributed by atoms with Gasteiger partial charge in [0.15, 0.2) is 0 Å². The molecule has 0 unspecified atom stereocenters. The van der Waals surface area contributed by atoms with Crippen LogP contribution in [0.4, 0.5) is 4.39 Å². The molecule has 2 aromatic carbocycles. The summed E-state index contributed by atoms with van der Waals surface area (Å²) in [6.07, 6.45) is 1.81. The molecule has 0 saturated carbocycles. The largest absolute Gasteiger partial charge is 0.298 e. The van der Waals surface area contributed by atoms with Crippen LogP contribution in [0.3, 0.4) is 0 Å². The molecule has 3 nitrogen and oxygen atoms in total. The highest BCUT2D eigenvalue weighted by Gasteiger charge is 2.22. The first-order chi connectivity index (χ1) is 11.1. The van der Waals surface area contributed by atoms with Crippen LogP contribution >= 0.6 is 11.6 Å². The fourth-order valence-corrected chi connectivity index (χ4v) is 3.13. The molecule has 0 atom stereocenters. The van der Waals surface area contributed by atoms with E-state index in [-0.39, 0.29) is 5.82 Å². The minimum atomic E-state index is -0.293. The second kappa shape index (κ2) is 5.32. The number of hydrogen-bond donors (Lipinski definition) is 0. The highest BCUT2D eigenvalue weighted by Crippen LogP contribution is 2.29. The molecular formula is C18H13ClFN3. The minimum absolute atomic E-state index is 0.293. The fraction of sp³-hybridized carbons (Fsp3) is 0.111. The van der Waals surface area contributed by atoms with Crippen LogP contribution < -0.4 is 0 Å². The lowest BCUT2D eigenvalue weighted by Gasteiger charge is -2.14. The van der Waals surface area contributed by atoms with Crippen LogP contribution in [0.25, 0.3) is 5.69 Å². The van der Waals surface area contributed by atoms with Crippen molar-refractivity contribution in [2.24, 2.45) is 4.99 Å². The molecule has 3 aromatic rings. The van der Waals surface area contributed by atoms with Gasteiger partial charge in [-0.2, -0.15) is 0 Å². The number of hydrogen-bond acceptors (Lipinski definition) is 2. The maximum atomic E-state index is 14.3. The van der Waals surface area contributed by atoms with Gasteiger partial charge in [-0.05, 0) is 37.3 Å². The van der Waals surface area contributed by atoms with Crippen LogP contribution in [0.5, 0.6) is 0 Å². The summed E-state index contributed by atoms with van der Waals surface area (Å²) >= 11 is 6.19. The normalized spacial score (nSPS) is 13.1. The van der Waals surface area contributed by atoms with Crippen LogP contribution in [-0.4, -0.2) is 15.3 Å². The Labute approximate surface area is 138 Å². The second-order valence-corrected chi connectivity index (χ2v) is 5.87. The van der Waals surface area contributed by atoms with Crippen LogP contribution in [-0.2, 0) is 6.54 Å². The van der Waals surface area contributed by atoms with Gasteiger partial charge in [0.2, 0.25) is 0 Å². The maximum Gasteiger partial charge on any atom is 0.132 e. The van der Waals surface area contributed by atoms with Crippen molar-refractivity contribution in [1.82, 2.24) is 9.55 Å². The molecule has 0 bridgehead atoms. The van der Waals surface area contributed by atoms with Crippen molar-refractivity contribution in [1.29, 1.82) is 0 Å². The average molecular weight is 328 g/mol. The first-order valence-corrected chi connectivity index (χ1v) is 7.66. The molecule has 5 heteroatoms. The third-order valence-electron chi connectivity index (χ3n) is 3.99. The lowest BCUT2D eigenvalue weighted by molar-refractivity contribution is 0.625. The zero-order valence-corrected chi connectivity index (χ0v) is 13.2. The van der Waals surface area contributed by atoms with E-state index < -0.39 is 0 Å². The van der Waals surface area contributed by atoms with Crippen molar-refractivity contribution in [2.45, 2.75) is 13.5 Å². The number of fused-ring (bicyclic) bond motifs is 3. The zero-order chi connectivity index (χ0) is 16.0. The first-order valence-electron chi connectivity index (χ1n) is 7.28. The first kappa shape index (κ1) is 14.2. The molecule has 4 rings (SSSR count). The third kappa shape index (κ3) is 2.26. The zero-order valence-electron chi connectivity index (χ0n) is 12.4. The van der Waals surface area contributed by atoms with Crippen molar-refractivity contribution in [2.75, 3.05) is 0 Å². The van der Waals surface area contributed by atoms with Gasteiger partial charge in [-0.15, -0.1) is 0 Å². The van der Waals surface area contributed by atoms with E-state index in [1.807, 2.05) is 42.0 Å². The Morgan fingerprint density at radius 2 is 1.96 bits per heavy atom. The summed E-state index contributed by atoms with van der Waals surface area (Å²) in [5.41, 5.74) is 3.79. The van der Waals surface area contributed by atoms with Crippen molar-refractivity contribution in [3.05, 3.63) is 82.1 Å². The van der Waals surface area contributed by atoms with Gasteiger partial charge in [-0.1, -0.05) is 23.7 Å². The van der Waals surface area contributed by atoms with Crippen LogP contribution in [0.1, 0.15) is 22.6 Å². The van der Waals surface area contributed by atoms with E-state index in [0.717, 1.165) is 22.8 Å². The molecule has 0 saturated heterocycles. The Kier molecular flexibility index (Phi) is 3.27. The van der Waals surface area contributed by atoms with E-state index >= 15 is 0 Å². The monoisotopic (exact) mass is 327 g/mol. The molecule has 23 heavy (non-hydrogen) atoms. The Morgan fingerprint density at radius 1 is 1.13 bits per heavy atom. The van der Waals surface area contributed by atoms with E-state index in [1.54, 1.807) is 12.1 Å². The average Bonchev–Trinajstić information content (AvgIpc) is 2.82. The van der Waals surface area contributed by atoms with Gasteiger partial charge in [-0.3, -0.25) is 9.56 Å². The second-order valence-electron chi connectivity index (χ2n) is 5.44. The number of aromatic nitrogens is 2. The van der Waals surface area contributed by atoms with Gasteiger partial charge in [0, 0.05) is 16.1 Å². The van der Waals surface area contributed by atoms with Gasteiger partial charge < -0.3 is 0 Å². The van der Waals surface area contributed by atoms with Gasteiger partial charge >= 0.3 is 0 Å². The minimum Gasteiger partial charge on any atom is -0.298 e. The van der Waals surface area contributed by atoms with E-state index in [2.05, 4.69) is 9.98 Å². The van der Waals surface area contributed by atoms with E-state index in [9.17, 15) is 4.39 Å². The van der Waals surface area contributed by atoms with Crippen molar-refractivity contribution in [3.8, 4) is 5.69 Å². The van der Waals surface area contributed by atoms with E-state index in [4.69, 9.17) is 11.6 Å². The molecule has 0 aliphatic carbocycles. The van der Waals surface area contributed by atoms with E-state index in [1.165, 1.54) is 6.07 Å². The highest BCUT2D eigenvalue weighted by molar-refractivity contribution is 6.31. The SMILES string of the molecule is [13CH3][13c]1ncc2n1-c1ccc(Cl)cc1C(c1ccccc1F)=NC2. The topological polar surface area (TPSA) is 30.2 Å². The molecule has 114 valence electrons. The number of benzene rings is 2. The molecule has 0 spiro atoms. The van der Waals surface area contributed by atoms with Crippen molar-refractivity contribution in [3.63, 3.8) is 0 Å². The molecule has 2 heterocycles. The predicted molar refractivity (Wildman–Crippen MR) is 89.1 cm³/mol. The summed E-state index contributed by atoms with van der Waals surface area (Å²) < 4.78 is 16.3. The quantitative estimate of drug-likeness (QED) is 0.612. The Hall–Kier alpha value is -2.46. The smallest absolute Gasteiger partial charge is 0.132 e. The summed E-state index contributed by atoms with van der Waals surface area (Å²) in [5, 5.41) is 0.592. The molecule has 1 aliphatic heterocycles. The molecule has 1 aromatic heterocycles. The van der Waals surface area contributed by atoms with Gasteiger partial charge in [0.25, 0.3) is 0 Å². The Morgan fingerprint density at radius 3 is 2.78 bits per heavy atom. The summed E-state index contributed by atoms with van der Waals surface area (Å²) in [4.78, 5) is 9.01. The number of rotatable bonds is 1. The van der Waals surface area contributed by atoms with E-state index in [0.29, 0.717) is 22.8 Å². The van der Waals surface area contributed by atoms with Gasteiger partial charge in [-0.25, -0.2) is 9.37 Å². The van der Waals surface area contributed by atoms with Gasteiger partial charge in [0.05, 0.1) is 29.8 Å². The maximum absolute atomic E-state index is 14.3.